The molecule has 0 aliphatic rings. The molecule has 0 aliphatic carbocycles. The summed E-state index contributed by atoms with van der Waals surface area (Å²) in [5.41, 5.74) is 1.76. The van der Waals surface area contributed by atoms with Gasteiger partial charge in [-0.3, -0.25) is 14.9 Å². The Hall–Kier alpha value is -2.24. The molecule has 0 spiro atoms. The van der Waals surface area contributed by atoms with E-state index in [2.05, 4.69) is 24.4 Å². The Balaban J connectivity index is 0.00000288. The topological polar surface area (TPSA) is 72.2 Å². The molecule has 24 heavy (non-hydrogen) atoms. The first kappa shape index (κ1) is 19.8. The number of nitrogens with zero attached hydrogens (tertiary/aromatic N) is 1. The third kappa shape index (κ3) is 6.10. The normalized spacial score (nSPS) is 11.4. The molecule has 2 aromatic carbocycles. The van der Waals surface area contributed by atoms with Crippen LogP contribution < -0.4 is 5.32 Å². The lowest BCUT2D eigenvalue weighted by molar-refractivity contribution is -0.384. The SMILES string of the molecule is CC(Cc1ccccc1)NCCC(=O)c1ccc([N+](=O)[O-])cc1.Cl. The second-order valence-corrected chi connectivity index (χ2v) is 5.52. The summed E-state index contributed by atoms with van der Waals surface area (Å²) in [5, 5.41) is 13.9. The molecule has 0 aliphatic heterocycles. The summed E-state index contributed by atoms with van der Waals surface area (Å²) in [6.07, 6.45) is 1.28. The Labute approximate surface area is 147 Å². The van der Waals surface area contributed by atoms with Gasteiger partial charge in [0.2, 0.25) is 0 Å². The predicted molar refractivity (Wildman–Crippen MR) is 96.9 cm³/mol. The van der Waals surface area contributed by atoms with E-state index in [1.165, 1.54) is 29.8 Å². The van der Waals surface area contributed by atoms with Gasteiger partial charge in [0, 0.05) is 36.7 Å². The van der Waals surface area contributed by atoms with Crippen molar-refractivity contribution in [1.29, 1.82) is 0 Å². The van der Waals surface area contributed by atoms with Crippen molar-refractivity contribution in [3.05, 3.63) is 75.8 Å². The van der Waals surface area contributed by atoms with Crippen molar-refractivity contribution in [3.63, 3.8) is 0 Å². The standard InChI is InChI=1S/C18H20N2O3.ClH/c1-14(13-15-5-3-2-4-6-15)19-12-11-18(21)16-7-9-17(10-8-16)20(22)23;/h2-10,14,19H,11-13H2,1H3;1H. The van der Waals surface area contributed by atoms with Gasteiger partial charge in [0.15, 0.2) is 5.78 Å². The highest BCUT2D eigenvalue weighted by molar-refractivity contribution is 5.96. The van der Waals surface area contributed by atoms with E-state index in [9.17, 15) is 14.9 Å². The molecule has 0 saturated carbocycles. The summed E-state index contributed by atoms with van der Waals surface area (Å²) in [4.78, 5) is 22.2. The molecule has 5 nitrogen and oxygen atoms in total. The van der Waals surface area contributed by atoms with E-state index < -0.39 is 4.92 Å². The minimum absolute atomic E-state index is 0. The lowest BCUT2D eigenvalue weighted by Crippen LogP contribution is -2.30. The van der Waals surface area contributed by atoms with Crippen molar-refractivity contribution in [2.45, 2.75) is 25.8 Å². The van der Waals surface area contributed by atoms with E-state index in [4.69, 9.17) is 0 Å². The second kappa shape index (κ2) is 9.80. The van der Waals surface area contributed by atoms with E-state index in [0.29, 0.717) is 18.5 Å². The molecule has 0 amide bonds. The molecule has 0 radical (unpaired) electrons. The van der Waals surface area contributed by atoms with Gasteiger partial charge in [0.25, 0.3) is 5.69 Å². The van der Waals surface area contributed by atoms with Crippen LogP contribution in [-0.4, -0.2) is 23.3 Å². The second-order valence-electron chi connectivity index (χ2n) is 5.52. The first-order valence-corrected chi connectivity index (χ1v) is 7.61. The van der Waals surface area contributed by atoms with Crippen LogP contribution in [-0.2, 0) is 6.42 Å². The maximum absolute atomic E-state index is 12.1. The number of halogens is 1. The highest BCUT2D eigenvalue weighted by Gasteiger charge is 2.10. The van der Waals surface area contributed by atoms with Crippen LogP contribution in [0.4, 0.5) is 5.69 Å². The summed E-state index contributed by atoms with van der Waals surface area (Å²) < 4.78 is 0. The summed E-state index contributed by atoms with van der Waals surface area (Å²) in [5.74, 6) is -0.0145. The largest absolute Gasteiger partial charge is 0.313 e. The summed E-state index contributed by atoms with van der Waals surface area (Å²) in [7, 11) is 0. The van der Waals surface area contributed by atoms with Gasteiger partial charge in [-0.1, -0.05) is 30.3 Å². The highest BCUT2D eigenvalue weighted by atomic mass is 35.5. The molecular weight excluding hydrogens is 328 g/mol. The van der Waals surface area contributed by atoms with Crippen molar-refractivity contribution in [1.82, 2.24) is 5.32 Å². The maximum atomic E-state index is 12.1. The van der Waals surface area contributed by atoms with E-state index in [1.54, 1.807) is 0 Å². The number of Topliss-reactive ketones (excluding diaryl/α,β-unsaturated/α-hetero) is 1. The van der Waals surface area contributed by atoms with Crippen LogP contribution in [0.5, 0.6) is 0 Å². The molecule has 0 saturated heterocycles. The number of non-ortho nitro benzene ring substituents is 1. The molecule has 1 unspecified atom stereocenters. The zero-order valence-electron chi connectivity index (χ0n) is 13.5. The van der Waals surface area contributed by atoms with Crippen LogP contribution in [0.1, 0.15) is 29.3 Å². The van der Waals surface area contributed by atoms with Gasteiger partial charge in [0.05, 0.1) is 4.92 Å². The number of nitro groups is 1. The molecule has 0 heterocycles. The van der Waals surface area contributed by atoms with Crippen LogP contribution in [0, 0.1) is 10.1 Å². The quantitative estimate of drug-likeness (QED) is 0.447. The molecule has 1 N–H and O–H groups in total. The molecule has 0 fully saturated rings. The van der Waals surface area contributed by atoms with Gasteiger partial charge >= 0.3 is 0 Å². The zero-order valence-corrected chi connectivity index (χ0v) is 14.3. The van der Waals surface area contributed by atoms with Gasteiger partial charge in [-0.15, -0.1) is 12.4 Å². The number of hydrogen-bond donors (Lipinski definition) is 1. The Morgan fingerprint density at radius 2 is 1.75 bits per heavy atom. The Morgan fingerprint density at radius 1 is 1.12 bits per heavy atom. The summed E-state index contributed by atoms with van der Waals surface area (Å²) in [6, 6.07) is 16.2. The average Bonchev–Trinajstić information content (AvgIpc) is 2.55. The molecule has 0 bridgehead atoms. The van der Waals surface area contributed by atoms with E-state index in [-0.39, 0.29) is 29.9 Å². The lowest BCUT2D eigenvalue weighted by Gasteiger charge is -2.13. The van der Waals surface area contributed by atoms with Gasteiger partial charge in [-0.05, 0) is 31.0 Å². The minimum atomic E-state index is -0.471. The van der Waals surface area contributed by atoms with Crippen molar-refractivity contribution < 1.29 is 9.72 Å². The third-order valence-corrected chi connectivity index (χ3v) is 3.63. The van der Waals surface area contributed by atoms with Gasteiger partial charge in [0.1, 0.15) is 0 Å². The first-order chi connectivity index (χ1) is 11.1. The van der Waals surface area contributed by atoms with Crippen LogP contribution >= 0.6 is 12.4 Å². The van der Waals surface area contributed by atoms with Gasteiger partial charge in [-0.25, -0.2) is 0 Å². The molecule has 128 valence electrons. The predicted octanol–water partition coefficient (Wildman–Crippen LogP) is 3.81. The number of hydrogen-bond acceptors (Lipinski definition) is 4. The number of rotatable bonds is 8. The molecule has 0 aromatic heterocycles. The number of carbonyl (C=O) groups excluding carboxylic acids is 1. The number of carbonyl (C=O) groups is 1. The van der Waals surface area contributed by atoms with Crippen LogP contribution in [0.25, 0.3) is 0 Å². The van der Waals surface area contributed by atoms with Crippen molar-refractivity contribution in [3.8, 4) is 0 Å². The van der Waals surface area contributed by atoms with E-state index in [0.717, 1.165) is 6.42 Å². The fourth-order valence-electron chi connectivity index (χ4n) is 2.39. The fraction of sp³-hybridized carbons (Fsp3) is 0.278. The molecule has 1 atom stereocenters. The molecular formula is C18H21ClN2O3. The summed E-state index contributed by atoms with van der Waals surface area (Å²) in [6.45, 7) is 2.67. The zero-order chi connectivity index (χ0) is 16.7. The van der Waals surface area contributed by atoms with E-state index >= 15 is 0 Å². The maximum Gasteiger partial charge on any atom is 0.269 e. The number of nitrogens with one attached hydrogen (secondary N) is 1. The highest BCUT2D eigenvalue weighted by Crippen LogP contribution is 2.13. The summed E-state index contributed by atoms with van der Waals surface area (Å²) >= 11 is 0. The van der Waals surface area contributed by atoms with Crippen molar-refractivity contribution in [2.75, 3.05) is 6.54 Å². The third-order valence-electron chi connectivity index (χ3n) is 3.63. The number of ketones is 1. The number of benzene rings is 2. The average molecular weight is 349 g/mol. The first-order valence-electron chi connectivity index (χ1n) is 7.61. The minimum Gasteiger partial charge on any atom is -0.313 e. The molecule has 2 aromatic rings. The van der Waals surface area contributed by atoms with Gasteiger partial charge < -0.3 is 5.32 Å². The number of nitro benzene ring substituents is 1. The van der Waals surface area contributed by atoms with Gasteiger partial charge in [-0.2, -0.15) is 0 Å². The van der Waals surface area contributed by atoms with Crippen LogP contribution in [0.15, 0.2) is 54.6 Å². The Morgan fingerprint density at radius 3 is 2.33 bits per heavy atom. The molecule has 6 heteroatoms. The van der Waals surface area contributed by atoms with Crippen LogP contribution in [0.3, 0.4) is 0 Å². The van der Waals surface area contributed by atoms with E-state index in [1.807, 2.05) is 18.2 Å². The Bertz CT molecular complexity index is 660. The monoisotopic (exact) mass is 348 g/mol. The fourth-order valence-corrected chi connectivity index (χ4v) is 2.39. The molecule has 2 rings (SSSR count). The van der Waals surface area contributed by atoms with Crippen LogP contribution in [0.2, 0.25) is 0 Å². The van der Waals surface area contributed by atoms with Crippen molar-refractivity contribution >= 4 is 23.9 Å². The lowest BCUT2D eigenvalue weighted by atomic mass is 10.1. The smallest absolute Gasteiger partial charge is 0.269 e. The Kier molecular flexibility index (Phi) is 8.09. The van der Waals surface area contributed by atoms with Crippen molar-refractivity contribution in [2.24, 2.45) is 0 Å².